The number of hydrogen-bond acceptors (Lipinski definition) is 5. The second kappa shape index (κ2) is 9.07. The van der Waals surface area contributed by atoms with Gasteiger partial charge < -0.3 is 9.84 Å². The Balaban J connectivity index is 1.36. The molecule has 1 N–H and O–H groups in total. The van der Waals surface area contributed by atoms with Gasteiger partial charge in [0.25, 0.3) is 0 Å². The van der Waals surface area contributed by atoms with Gasteiger partial charge in [-0.25, -0.2) is 4.39 Å². The molecule has 0 saturated carbocycles. The molecule has 6 nitrogen and oxygen atoms in total. The zero-order valence-corrected chi connectivity index (χ0v) is 16.9. The van der Waals surface area contributed by atoms with Gasteiger partial charge in [-0.2, -0.15) is 18.2 Å². The van der Waals surface area contributed by atoms with Crippen LogP contribution < -0.4 is 5.32 Å². The minimum absolute atomic E-state index is 0.114. The van der Waals surface area contributed by atoms with E-state index in [2.05, 4.69) is 15.5 Å². The fourth-order valence-electron chi connectivity index (χ4n) is 3.66. The van der Waals surface area contributed by atoms with Gasteiger partial charge in [0.2, 0.25) is 17.6 Å². The summed E-state index contributed by atoms with van der Waals surface area (Å²) in [6, 6.07) is 10.3. The second-order valence-electron chi connectivity index (χ2n) is 7.66. The summed E-state index contributed by atoms with van der Waals surface area (Å²) in [5, 5.41) is 6.50. The summed E-state index contributed by atoms with van der Waals surface area (Å²) in [4.78, 5) is 19.0. The monoisotopic (exact) mass is 448 g/mol. The Labute approximate surface area is 181 Å². The number of amides is 1. The quantitative estimate of drug-likeness (QED) is 0.571. The van der Waals surface area contributed by atoms with Gasteiger partial charge in [0, 0.05) is 17.8 Å². The number of anilines is 1. The minimum atomic E-state index is -4.47. The van der Waals surface area contributed by atoms with Crippen LogP contribution in [-0.2, 0) is 17.5 Å². The van der Waals surface area contributed by atoms with Gasteiger partial charge in [0.1, 0.15) is 5.82 Å². The summed E-state index contributed by atoms with van der Waals surface area (Å²) in [5.41, 5.74) is -0.0740. The first-order valence-corrected chi connectivity index (χ1v) is 10.1. The third kappa shape index (κ3) is 5.31. The molecule has 1 aromatic heterocycles. The molecule has 1 aliphatic heterocycles. The molecular weight excluding hydrogens is 428 g/mol. The van der Waals surface area contributed by atoms with Crippen molar-refractivity contribution >= 4 is 11.6 Å². The molecule has 1 fully saturated rings. The number of halogens is 4. The van der Waals surface area contributed by atoms with Crippen molar-refractivity contribution in [1.29, 1.82) is 0 Å². The maximum Gasteiger partial charge on any atom is 0.416 e. The molecule has 1 aliphatic rings. The van der Waals surface area contributed by atoms with Crippen LogP contribution in [0.2, 0.25) is 0 Å². The van der Waals surface area contributed by atoms with Crippen LogP contribution in [0.15, 0.2) is 53.1 Å². The molecule has 168 valence electrons. The molecule has 1 unspecified atom stereocenters. The topological polar surface area (TPSA) is 71.3 Å². The third-order valence-corrected chi connectivity index (χ3v) is 5.26. The highest BCUT2D eigenvalue weighted by atomic mass is 19.4. The lowest BCUT2D eigenvalue weighted by molar-refractivity contribution is -0.137. The Morgan fingerprint density at radius 3 is 2.72 bits per heavy atom. The van der Waals surface area contributed by atoms with E-state index in [4.69, 9.17) is 4.52 Å². The number of likely N-dealkylation sites (tertiary alicyclic amines) is 1. The highest BCUT2D eigenvalue weighted by Gasteiger charge is 2.31. The average Bonchev–Trinajstić information content (AvgIpc) is 3.22. The molecule has 10 heteroatoms. The number of aromatic nitrogens is 2. The summed E-state index contributed by atoms with van der Waals surface area (Å²) in [6.45, 7) is 1.47. The van der Waals surface area contributed by atoms with Gasteiger partial charge in [-0.15, -0.1) is 0 Å². The van der Waals surface area contributed by atoms with Gasteiger partial charge in [-0.1, -0.05) is 11.2 Å². The van der Waals surface area contributed by atoms with Gasteiger partial charge >= 0.3 is 6.18 Å². The minimum Gasteiger partial charge on any atom is -0.338 e. The van der Waals surface area contributed by atoms with Crippen LogP contribution in [0.25, 0.3) is 11.4 Å². The standard InChI is InChI=1S/C22H20F4N4O2/c23-17-8-6-14(7-9-17)20-28-19(32-29-20)13-30-10-2-3-15(12-30)21(31)27-18-5-1-4-16(11-18)22(24,25)26/h1,4-9,11,15H,2-3,10,12-13H2,(H,27,31). The lowest BCUT2D eigenvalue weighted by atomic mass is 9.97. The van der Waals surface area contributed by atoms with E-state index in [-0.39, 0.29) is 23.3 Å². The second-order valence-corrected chi connectivity index (χ2v) is 7.66. The normalized spacial score (nSPS) is 17.3. The zero-order chi connectivity index (χ0) is 22.7. The van der Waals surface area contributed by atoms with Crippen LogP contribution in [-0.4, -0.2) is 34.0 Å². The maximum absolute atomic E-state index is 13.1. The highest BCUT2D eigenvalue weighted by Crippen LogP contribution is 2.31. The summed E-state index contributed by atoms with van der Waals surface area (Å²) in [6.07, 6.45) is -3.09. The Bertz CT molecular complexity index is 1080. The van der Waals surface area contributed by atoms with Crippen LogP contribution in [0, 0.1) is 11.7 Å². The predicted octanol–water partition coefficient (Wildman–Crippen LogP) is 4.75. The molecule has 4 rings (SSSR count). The molecule has 0 radical (unpaired) electrons. The molecule has 3 aromatic rings. The Morgan fingerprint density at radius 2 is 1.97 bits per heavy atom. The number of hydrogen-bond donors (Lipinski definition) is 1. The van der Waals surface area contributed by atoms with Crippen LogP contribution in [0.5, 0.6) is 0 Å². The number of benzene rings is 2. The summed E-state index contributed by atoms with van der Waals surface area (Å²) in [5.74, 6) is -0.358. The molecule has 0 aliphatic carbocycles. The van der Waals surface area contributed by atoms with Gasteiger partial charge in [-0.05, 0) is 61.9 Å². The number of piperidine rings is 1. The van der Waals surface area contributed by atoms with E-state index in [1.807, 2.05) is 4.90 Å². The lowest BCUT2D eigenvalue weighted by Gasteiger charge is -2.30. The SMILES string of the molecule is O=C(Nc1cccc(C(F)(F)F)c1)C1CCCN(Cc2nc(-c3ccc(F)cc3)no2)C1. The van der Waals surface area contributed by atoms with Crippen molar-refractivity contribution in [2.75, 3.05) is 18.4 Å². The molecule has 32 heavy (non-hydrogen) atoms. The molecule has 1 atom stereocenters. The van der Waals surface area contributed by atoms with Crippen molar-refractivity contribution in [2.24, 2.45) is 5.92 Å². The number of rotatable bonds is 5. The van der Waals surface area contributed by atoms with E-state index in [1.54, 1.807) is 12.1 Å². The van der Waals surface area contributed by atoms with Crippen molar-refractivity contribution in [3.05, 3.63) is 65.8 Å². The van der Waals surface area contributed by atoms with Crippen LogP contribution in [0.3, 0.4) is 0 Å². The third-order valence-electron chi connectivity index (χ3n) is 5.26. The largest absolute Gasteiger partial charge is 0.416 e. The Morgan fingerprint density at radius 1 is 1.19 bits per heavy atom. The number of nitrogens with one attached hydrogen (secondary N) is 1. The Kier molecular flexibility index (Phi) is 6.22. The van der Waals surface area contributed by atoms with Crippen molar-refractivity contribution in [2.45, 2.75) is 25.6 Å². The van der Waals surface area contributed by atoms with E-state index in [0.717, 1.165) is 25.1 Å². The molecular formula is C22H20F4N4O2. The van der Waals surface area contributed by atoms with Crippen molar-refractivity contribution in [3.8, 4) is 11.4 Å². The zero-order valence-electron chi connectivity index (χ0n) is 16.9. The molecule has 0 bridgehead atoms. The highest BCUT2D eigenvalue weighted by molar-refractivity contribution is 5.92. The Hall–Kier alpha value is -3.27. The summed E-state index contributed by atoms with van der Waals surface area (Å²) >= 11 is 0. The number of carbonyl (C=O) groups is 1. The van der Waals surface area contributed by atoms with Crippen molar-refractivity contribution < 1.29 is 26.9 Å². The fraction of sp³-hybridized carbons (Fsp3) is 0.318. The number of alkyl halides is 3. The smallest absolute Gasteiger partial charge is 0.338 e. The van der Waals surface area contributed by atoms with Crippen LogP contribution in [0.4, 0.5) is 23.2 Å². The number of carbonyl (C=O) groups excluding carboxylic acids is 1. The van der Waals surface area contributed by atoms with E-state index in [0.29, 0.717) is 36.8 Å². The fourth-order valence-corrected chi connectivity index (χ4v) is 3.66. The maximum atomic E-state index is 13.1. The van der Waals surface area contributed by atoms with E-state index in [1.165, 1.54) is 24.3 Å². The molecule has 2 aromatic carbocycles. The van der Waals surface area contributed by atoms with Crippen molar-refractivity contribution in [3.63, 3.8) is 0 Å². The molecule has 0 spiro atoms. The first-order chi connectivity index (χ1) is 15.3. The van der Waals surface area contributed by atoms with Gasteiger partial charge in [-0.3, -0.25) is 9.69 Å². The van der Waals surface area contributed by atoms with Crippen LogP contribution >= 0.6 is 0 Å². The molecule has 1 amide bonds. The molecule has 1 saturated heterocycles. The van der Waals surface area contributed by atoms with Crippen LogP contribution in [0.1, 0.15) is 24.3 Å². The first-order valence-electron chi connectivity index (χ1n) is 10.1. The van der Waals surface area contributed by atoms with Crippen molar-refractivity contribution in [1.82, 2.24) is 15.0 Å². The lowest BCUT2D eigenvalue weighted by Crippen LogP contribution is -2.40. The van der Waals surface area contributed by atoms with Gasteiger partial charge in [0.15, 0.2) is 0 Å². The van der Waals surface area contributed by atoms with E-state index < -0.39 is 11.7 Å². The van der Waals surface area contributed by atoms with E-state index >= 15 is 0 Å². The van der Waals surface area contributed by atoms with Gasteiger partial charge in [0.05, 0.1) is 18.0 Å². The molecule has 2 heterocycles. The number of nitrogens with zero attached hydrogens (tertiary/aromatic N) is 3. The predicted molar refractivity (Wildman–Crippen MR) is 108 cm³/mol. The first kappa shape index (κ1) is 21.9. The summed E-state index contributed by atoms with van der Waals surface area (Å²) < 4.78 is 57.0. The average molecular weight is 448 g/mol. The summed E-state index contributed by atoms with van der Waals surface area (Å²) in [7, 11) is 0. The van der Waals surface area contributed by atoms with E-state index in [9.17, 15) is 22.4 Å².